The molecule has 0 saturated carbocycles. The molecular weight excluding hydrogens is 450 g/mol. The van der Waals surface area contributed by atoms with E-state index in [0.717, 1.165) is 0 Å². The van der Waals surface area contributed by atoms with Gasteiger partial charge in [0, 0.05) is 6.42 Å². The molecule has 34 heavy (non-hydrogen) atoms. The summed E-state index contributed by atoms with van der Waals surface area (Å²) in [5.74, 6) is -5.84. The first-order valence-electron chi connectivity index (χ1n) is 11.0. The Morgan fingerprint density at radius 2 is 1.18 bits per heavy atom. The van der Waals surface area contributed by atoms with E-state index in [2.05, 4.69) is 16.0 Å². The highest BCUT2D eigenvalue weighted by Crippen LogP contribution is 2.09. The van der Waals surface area contributed by atoms with E-state index >= 15 is 0 Å². The van der Waals surface area contributed by atoms with Crippen molar-refractivity contribution in [3.05, 3.63) is 0 Å². The monoisotopic (exact) mass is 487 g/mol. The highest BCUT2D eigenvalue weighted by Gasteiger charge is 2.31. The molecule has 13 heteroatoms. The second kappa shape index (κ2) is 14.8. The Bertz CT molecular complexity index is 755. The molecule has 4 unspecified atom stereocenters. The van der Waals surface area contributed by atoms with Crippen LogP contribution in [0, 0.1) is 11.8 Å². The van der Waals surface area contributed by atoms with Crippen LogP contribution in [0.3, 0.4) is 0 Å². The van der Waals surface area contributed by atoms with E-state index in [9.17, 15) is 33.9 Å². The quantitative estimate of drug-likeness (QED) is 0.137. The van der Waals surface area contributed by atoms with Crippen molar-refractivity contribution in [2.75, 3.05) is 0 Å². The predicted octanol–water partition coefficient (Wildman–Crippen LogP) is -1.31. The first kappa shape index (κ1) is 30.8. The van der Waals surface area contributed by atoms with Crippen molar-refractivity contribution in [3.8, 4) is 0 Å². The van der Waals surface area contributed by atoms with Gasteiger partial charge in [0.1, 0.15) is 18.1 Å². The van der Waals surface area contributed by atoms with Crippen molar-refractivity contribution >= 4 is 35.6 Å². The Morgan fingerprint density at radius 1 is 0.735 bits per heavy atom. The number of primary amides is 1. The lowest BCUT2D eigenvalue weighted by Gasteiger charge is -2.26. The summed E-state index contributed by atoms with van der Waals surface area (Å²) in [6, 6.07) is -5.01. The first-order chi connectivity index (χ1) is 15.6. The molecule has 4 amide bonds. The Balaban J connectivity index is 5.59. The Kier molecular flexibility index (Phi) is 13.4. The molecule has 0 radical (unpaired) electrons. The van der Waals surface area contributed by atoms with Gasteiger partial charge in [-0.2, -0.15) is 0 Å². The maximum absolute atomic E-state index is 12.9. The van der Waals surface area contributed by atoms with Gasteiger partial charge >= 0.3 is 11.9 Å². The van der Waals surface area contributed by atoms with E-state index in [1.807, 2.05) is 0 Å². The van der Waals surface area contributed by atoms with Crippen LogP contribution in [0.4, 0.5) is 0 Å². The van der Waals surface area contributed by atoms with Crippen LogP contribution in [-0.4, -0.2) is 69.9 Å². The third-order valence-electron chi connectivity index (χ3n) is 4.70. The molecule has 0 aromatic heterocycles. The smallest absolute Gasteiger partial charge is 0.326 e. The third kappa shape index (κ3) is 12.7. The second-order valence-corrected chi connectivity index (χ2v) is 8.99. The van der Waals surface area contributed by atoms with Gasteiger partial charge in [-0.15, -0.1) is 0 Å². The minimum absolute atomic E-state index is 0.0521. The third-order valence-corrected chi connectivity index (χ3v) is 4.70. The Labute approximate surface area is 198 Å². The zero-order valence-electron chi connectivity index (χ0n) is 20.0. The standard InChI is InChI=1S/C21H37N5O8/c1-10(2)7-14(25-18(30)12(22)9-16(23)27)20(32)24-13(5-6-17(28)29)19(31)26-15(21(33)34)8-11(3)4/h10-15H,5-9,22H2,1-4H3,(H2,23,27)(H,24,32)(H,25,30)(H,26,31)(H,28,29)(H,33,34). The van der Waals surface area contributed by atoms with Crippen molar-refractivity contribution in [2.24, 2.45) is 23.3 Å². The average Bonchev–Trinajstić information content (AvgIpc) is 2.68. The number of hydrogen-bond acceptors (Lipinski definition) is 7. The molecule has 0 aromatic rings. The minimum Gasteiger partial charge on any atom is -0.481 e. The number of aliphatic carboxylic acids is 2. The largest absolute Gasteiger partial charge is 0.481 e. The molecule has 0 fully saturated rings. The van der Waals surface area contributed by atoms with E-state index < -0.39 is 72.6 Å². The summed E-state index contributed by atoms with van der Waals surface area (Å²) in [5.41, 5.74) is 10.7. The lowest BCUT2D eigenvalue weighted by Crippen LogP contribution is -2.57. The molecule has 0 bridgehead atoms. The number of hydrogen-bond donors (Lipinski definition) is 7. The van der Waals surface area contributed by atoms with E-state index in [1.54, 1.807) is 27.7 Å². The van der Waals surface area contributed by atoms with Gasteiger partial charge in [-0.25, -0.2) is 4.79 Å². The fraction of sp³-hybridized carbons (Fsp3) is 0.714. The van der Waals surface area contributed by atoms with Crippen LogP contribution in [0.15, 0.2) is 0 Å². The Hall–Kier alpha value is -3.22. The maximum atomic E-state index is 12.9. The van der Waals surface area contributed by atoms with Crippen molar-refractivity contribution < 1.29 is 39.0 Å². The number of carbonyl (C=O) groups is 6. The zero-order valence-corrected chi connectivity index (χ0v) is 20.0. The normalized spacial score (nSPS) is 14.6. The number of carbonyl (C=O) groups excluding carboxylic acids is 4. The van der Waals surface area contributed by atoms with Crippen LogP contribution >= 0.6 is 0 Å². The second-order valence-electron chi connectivity index (χ2n) is 8.99. The molecule has 0 aromatic carbocycles. The van der Waals surface area contributed by atoms with Gasteiger partial charge in [0.05, 0.1) is 12.5 Å². The van der Waals surface area contributed by atoms with Gasteiger partial charge in [0.15, 0.2) is 0 Å². The van der Waals surface area contributed by atoms with E-state index in [4.69, 9.17) is 16.6 Å². The number of nitrogens with one attached hydrogen (secondary N) is 3. The molecule has 9 N–H and O–H groups in total. The summed E-state index contributed by atoms with van der Waals surface area (Å²) < 4.78 is 0. The van der Waals surface area contributed by atoms with E-state index in [0.29, 0.717) is 0 Å². The molecule has 13 nitrogen and oxygen atoms in total. The summed E-state index contributed by atoms with van der Waals surface area (Å²) in [6.45, 7) is 7.11. The van der Waals surface area contributed by atoms with Crippen LogP contribution in [-0.2, 0) is 28.8 Å². The first-order valence-corrected chi connectivity index (χ1v) is 11.0. The van der Waals surface area contributed by atoms with Crippen molar-refractivity contribution in [2.45, 2.75) is 84.0 Å². The zero-order chi connectivity index (χ0) is 26.6. The van der Waals surface area contributed by atoms with E-state index in [-0.39, 0.29) is 31.1 Å². The molecule has 0 heterocycles. The molecule has 194 valence electrons. The van der Waals surface area contributed by atoms with Gasteiger partial charge in [-0.1, -0.05) is 27.7 Å². The fourth-order valence-corrected chi connectivity index (χ4v) is 3.07. The average molecular weight is 488 g/mol. The molecule has 0 rings (SSSR count). The van der Waals surface area contributed by atoms with Gasteiger partial charge in [-0.3, -0.25) is 24.0 Å². The molecule has 0 spiro atoms. The van der Waals surface area contributed by atoms with Gasteiger partial charge in [0.2, 0.25) is 23.6 Å². The topological polar surface area (TPSA) is 231 Å². The number of amides is 4. The molecule has 0 aliphatic heterocycles. The summed E-state index contributed by atoms with van der Waals surface area (Å²) in [4.78, 5) is 71.5. The SMILES string of the molecule is CC(C)CC(NC(=O)C(CCC(=O)O)NC(=O)C(CC(C)C)NC(=O)C(N)CC(N)=O)C(=O)O. The van der Waals surface area contributed by atoms with Crippen molar-refractivity contribution in [1.82, 2.24) is 16.0 Å². The summed E-state index contributed by atoms with van der Waals surface area (Å²) >= 11 is 0. The van der Waals surface area contributed by atoms with Crippen LogP contribution in [0.1, 0.15) is 59.8 Å². The highest BCUT2D eigenvalue weighted by atomic mass is 16.4. The number of nitrogens with two attached hydrogens (primary N) is 2. The summed E-state index contributed by atoms with van der Waals surface area (Å²) in [5, 5.41) is 25.5. The summed E-state index contributed by atoms with van der Waals surface area (Å²) in [6.07, 6.45) is -0.920. The molecular formula is C21H37N5O8. The Morgan fingerprint density at radius 3 is 1.62 bits per heavy atom. The van der Waals surface area contributed by atoms with Crippen molar-refractivity contribution in [1.29, 1.82) is 0 Å². The van der Waals surface area contributed by atoms with Gasteiger partial charge < -0.3 is 37.6 Å². The lowest BCUT2D eigenvalue weighted by molar-refractivity contribution is -0.143. The number of rotatable bonds is 16. The molecule has 4 atom stereocenters. The highest BCUT2D eigenvalue weighted by molar-refractivity contribution is 5.95. The van der Waals surface area contributed by atoms with Crippen molar-refractivity contribution in [3.63, 3.8) is 0 Å². The van der Waals surface area contributed by atoms with Crippen LogP contribution < -0.4 is 27.4 Å². The van der Waals surface area contributed by atoms with Crippen LogP contribution in [0.5, 0.6) is 0 Å². The lowest BCUT2D eigenvalue weighted by atomic mass is 10.0. The maximum Gasteiger partial charge on any atom is 0.326 e. The van der Waals surface area contributed by atoms with Gasteiger partial charge in [0.25, 0.3) is 0 Å². The minimum atomic E-state index is -1.36. The number of carboxylic acid groups (broad SMARTS) is 2. The number of carboxylic acids is 2. The summed E-state index contributed by atoms with van der Waals surface area (Å²) in [7, 11) is 0. The van der Waals surface area contributed by atoms with Crippen LogP contribution in [0.2, 0.25) is 0 Å². The fourth-order valence-electron chi connectivity index (χ4n) is 3.07. The van der Waals surface area contributed by atoms with Crippen LogP contribution in [0.25, 0.3) is 0 Å². The molecule has 0 saturated heterocycles. The predicted molar refractivity (Wildman–Crippen MR) is 121 cm³/mol. The van der Waals surface area contributed by atoms with Gasteiger partial charge in [-0.05, 0) is 31.1 Å². The molecule has 0 aliphatic rings. The molecule has 0 aliphatic carbocycles. The van der Waals surface area contributed by atoms with E-state index in [1.165, 1.54) is 0 Å².